The van der Waals surface area contributed by atoms with Crippen LogP contribution in [0.3, 0.4) is 0 Å². The van der Waals surface area contributed by atoms with Crippen molar-refractivity contribution in [3.8, 4) is 5.75 Å². The molecule has 0 bridgehead atoms. The minimum atomic E-state index is 0.0487. The highest BCUT2D eigenvalue weighted by atomic mass is 16.5. The zero-order chi connectivity index (χ0) is 17.2. The maximum Gasteiger partial charge on any atom is 0.257 e. The van der Waals surface area contributed by atoms with Crippen LogP contribution in [0.1, 0.15) is 55.3 Å². The molecule has 3 aliphatic rings. The topological polar surface area (TPSA) is 49.9 Å². The Bertz CT molecular complexity index is 656. The first-order valence-corrected chi connectivity index (χ1v) is 9.57. The molecule has 5 nitrogen and oxygen atoms in total. The van der Waals surface area contributed by atoms with E-state index in [2.05, 4.69) is 0 Å². The fraction of sp³-hybridized carbons (Fsp3) is 0.600. The molecule has 0 aromatic heterocycles. The normalized spacial score (nSPS) is 23.8. The molecule has 0 N–H and O–H groups in total. The van der Waals surface area contributed by atoms with Gasteiger partial charge in [0, 0.05) is 32.1 Å². The number of ether oxygens (including phenoxy) is 1. The highest BCUT2D eigenvalue weighted by molar-refractivity contribution is 5.97. The van der Waals surface area contributed by atoms with Crippen molar-refractivity contribution in [2.45, 2.75) is 57.1 Å². The van der Waals surface area contributed by atoms with Gasteiger partial charge in [-0.05, 0) is 50.7 Å². The Morgan fingerprint density at radius 2 is 1.92 bits per heavy atom. The Labute approximate surface area is 148 Å². The van der Waals surface area contributed by atoms with Gasteiger partial charge in [0.05, 0.1) is 11.7 Å². The lowest BCUT2D eigenvalue weighted by Crippen LogP contribution is -2.49. The number of carbonyl (C=O) groups is 2. The van der Waals surface area contributed by atoms with Gasteiger partial charge < -0.3 is 14.5 Å². The molecule has 1 aliphatic carbocycles. The van der Waals surface area contributed by atoms with Gasteiger partial charge >= 0.3 is 0 Å². The number of amides is 2. The smallest absolute Gasteiger partial charge is 0.257 e. The summed E-state index contributed by atoms with van der Waals surface area (Å²) in [5.74, 6) is 0.986. The zero-order valence-electron chi connectivity index (χ0n) is 14.7. The lowest BCUT2D eigenvalue weighted by Gasteiger charge is -2.38. The van der Waals surface area contributed by atoms with Crippen LogP contribution in [0.4, 0.5) is 0 Å². The van der Waals surface area contributed by atoms with Crippen molar-refractivity contribution >= 4 is 11.8 Å². The highest BCUT2D eigenvalue weighted by Gasteiger charge is 2.33. The first-order valence-electron chi connectivity index (χ1n) is 9.57. The molecule has 2 amide bonds. The summed E-state index contributed by atoms with van der Waals surface area (Å²) in [6.45, 7) is 2.28. The molecular formula is C20H26N2O3. The van der Waals surface area contributed by atoms with Gasteiger partial charge in [0.15, 0.2) is 0 Å². The van der Waals surface area contributed by atoms with Crippen LogP contribution in [0.15, 0.2) is 24.3 Å². The van der Waals surface area contributed by atoms with Crippen molar-refractivity contribution in [2.75, 3.05) is 19.6 Å². The van der Waals surface area contributed by atoms with Crippen LogP contribution in [0.2, 0.25) is 0 Å². The van der Waals surface area contributed by atoms with E-state index in [0.29, 0.717) is 24.3 Å². The summed E-state index contributed by atoms with van der Waals surface area (Å²) in [5.41, 5.74) is 0.661. The number of nitrogens with zero attached hydrogens (tertiary/aromatic N) is 2. The van der Waals surface area contributed by atoms with Crippen LogP contribution >= 0.6 is 0 Å². The summed E-state index contributed by atoms with van der Waals surface area (Å²) in [5, 5.41) is 0. The molecule has 1 aromatic carbocycles. The van der Waals surface area contributed by atoms with Crippen molar-refractivity contribution in [3.05, 3.63) is 29.8 Å². The van der Waals surface area contributed by atoms with Gasteiger partial charge in [-0.1, -0.05) is 12.1 Å². The van der Waals surface area contributed by atoms with E-state index in [9.17, 15) is 9.59 Å². The van der Waals surface area contributed by atoms with E-state index in [0.717, 1.165) is 51.6 Å². The molecule has 2 saturated heterocycles. The average Bonchev–Trinajstić information content (AvgIpc) is 3.36. The summed E-state index contributed by atoms with van der Waals surface area (Å²) in [6.07, 6.45) is 7.14. The Hall–Kier alpha value is -2.04. The van der Waals surface area contributed by atoms with Crippen LogP contribution in [-0.2, 0) is 4.79 Å². The fourth-order valence-electron chi connectivity index (χ4n) is 3.88. The van der Waals surface area contributed by atoms with E-state index in [1.165, 1.54) is 0 Å². The fourth-order valence-corrected chi connectivity index (χ4v) is 3.88. The highest BCUT2D eigenvalue weighted by Crippen LogP contribution is 2.31. The minimum Gasteiger partial charge on any atom is -0.490 e. The molecule has 1 aromatic rings. The third kappa shape index (κ3) is 3.65. The monoisotopic (exact) mass is 342 g/mol. The molecular weight excluding hydrogens is 316 g/mol. The van der Waals surface area contributed by atoms with E-state index in [1.807, 2.05) is 34.1 Å². The van der Waals surface area contributed by atoms with Crippen LogP contribution in [-0.4, -0.2) is 53.4 Å². The SMILES string of the molecule is O=C1CCCN1CC1CCCCN1C(=O)c1ccccc1OC1CC1. The minimum absolute atomic E-state index is 0.0487. The number of hydrogen-bond donors (Lipinski definition) is 0. The van der Waals surface area contributed by atoms with Crippen molar-refractivity contribution in [1.29, 1.82) is 0 Å². The van der Waals surface area contributed by atoms with Crippen LogP contribution in [0.25, 0.3) is 0 Å². The maximum atomic E-state index is 13.2. The maximum absolute atomic E-state index is 13.2. The van der Waals surface area contributed by atoms with Gasteiger partial charge in [-0.25, -0.2) is 0 Å². The number of carbonyl (C=O) groups excluding carboxylic acids is 2. The molecule has 1 atom stereocenters. The van der Waals surface area contributed by atoms with Crippen molar-refractivity contribution < 1.29 is 14.3 Å². The molecule has 4 rings (SSSR count). The predicted molar refractivity (Wildman–Crippen MR) is 94.6 cm³/mol. The molecule has 1 saturated carbocycles. The Morgan fingerprint density at radius 3 is 2.68 bits per heavy atom. The lowest BCUT2D eigenvalue weighted by molar-refractivity contribution is -0.128. The van der Waals surface area contributed by atoms with Gasteiger partial charge in [-0.15, -0.1) is 0 Å². The Morgan fingerprint density at radius 1 is 1.08 bits per heavy atom. The van der Waals surface area contributed by atoms with E-state index in [1.54, 1.807) is 0 Å². The van der Waals surface area contributed by atoms with Gasteiger partial charge in [0.25, 0.3) is 5.91 Å². The average molecular weight is 342 g/mol. The van der Waals surface area contributed by atoms with Crippen molar-refractivity contribution in [2.24, 2.45) is 0 Å². The number of likely N-dealkylation sites (tertiary alicyclic amines) is 2. The van der Waals surface area contributed by atoms with Crippen LogP contribution in [0.5, 0.6) is 5.75 Å². The zero-order valence-corrected chi connectivity index (χ0v) is 14.7. The number of para-hydroxylation sites is 1. The van der Waals surface area contributed by atoms with E-state index in [-0.39, 0.29) is 24.0 Å². The second-order valence-corrected chi connectivity index (χ2v) is 7.40. The quantitative estimate of drug-likeness (QED) is 0.827. The predicted octanol–water partition coefficient (Wildman–Crippen LogP) is 2.84. The van der Waals surface area contributed by atoms with E-state index >= 15 is 0 Å². The third-order valence-electron chi connectivity index (χ3n) is 5.43. The van der Waals surface area contributed by atoms with E-state index in [4.69, 9.17) is 4.74 Å². The molecule has 25 heavy (non-hydrogen) atoms. The van der Waals surface area contributed by atoms with E-state index < -0.39 is 0 Å². The Balaban J connectivity index is 1.51. The number of rotatable bonds is 5. The second-order valence-electron chi connectivity index (χ2n) is 7.40. The molecule has 0 spiro atoms. The molecule has 5 heteroatoms. The van der Waals surface area contributed by atoms with Crippen molar-refractivity contribution in [1.82, 2.24) is 9.80 Å². The molecule has 2 aliphatic heterocycles. The molecule has 1 unspecified atom stereocenters. The number of piperidine rings is 1. The van der Waals surface area contributed by atoms with Crippen molar-refractivity contribution in [3.63, 3.8) is 0 Å². The summed E-state index contributed by atoms with van der Waals surface area (Å²) in [4.78, 5) is 29.1. The first kappa shape index (κ1) is 16.4. The number of benzene rings is 1. The molecule has 2 heterocycles. The summed E-state index contributed by atoms with van der Waals surface area (Å²) < 4.78 is 5.94. The second kappa shape index (κ2) is 7.06. The lowest BCUT2D eigenvalue weighted by atomic mass is 10.00. The van der Waals surface area contributed by atoms with Crippen LogP contribution in [0, 0.1) is 0 Å². The standard InChI is InChI=1S/C20H26N2O3/c23-19-9-5-12-21(19)14-15-6-3-4-13-22(15)20(24)17-7-1-2-8-18(17)25-16-10-11-16/h1-2,7-8,15-16H,3-6,9-14H2. The van der Waals surface area contributed by atoms with Gasteiger partial charge in [0.1, 0.15) is 5.75 Å². The largest absolute Gasteiger partial charge is 0.490 e. The van der Waals surface area contributed by atoms with Gasteiger partial charge in [-0.3, -0.25) is 9.59 Å². The third-order valence-corrected chi connectivity index (χ3v) is 5.43. The summed E-state index contributed by atoms with van der Waals surface area (Å²) in [7, 11) is 0. The molecule has 3 fully saturated rings. The molecule has 0 radical (unpaired) electrons. The summed E-state index contributed by atoms with van der Waals surface area (Å²) in [6, 6.07) is 7.71. The first-order chi connectivity index (χ1) is 12.2. The van der Waals surface area contributed by atoms with Gasteiger partial charge in [0.2, 0.25) is 5.91 Å². The van der Waals surface area contributed by atoms with Gasteiger partial charge in [-0.2, -0.15) is 0 Å². The number of hydrogen-bond acceptors (Lipinski definition) is 3. The summed E-state index contributed by atoms with van der Waals surface area (Å²) >= 11 is 0. The van der Waals surface area contributed by atoms with Crippen LogP contribution < -0.4 is 4.74 Å². The Kier molecular flexibility index (Phi) is 4.64. The molecule has 134 valence electrons.